The van der Waals surface area contributed by atoms with Crippen molar-refractivity contribution in [2.45, 2.75) is 31.7 Å². The fourth-order valence-corrected chi connectivity index (χ4v) is 4.94. The smallest absolute Gasteiger partial charge is 0.407 e. The summed E-state index contributed by atoms with van der Waals surface area (Å²) >= 11 is 0. The Morgan fingerprint density at radius 3 is 2.37 bits per heavy atom. The summed E-state index contributed by atoms with van der Waals surface area (Å²) in [5, 5.41) is 3.28. The van der Waals surface area contributed by atoms with Crippen LogP contribution in [0.1, 0.15) is 34.3 Å². The molecule has 2 unspecified atom stereocenters. The molecule has 2 aliphatic rings. The van der Waals surface area contributed by atoms with E-state index in [-0.39, 0.29) is 11.9 Å². The van der Waals surface area contributed by atoms with E-state index in [2.05, 4.69) is 29.6 Å². The molecule has 2 atom stereocenters. The third-order valence-corrected chi connectivity index (χ3v) is 6.37. The van der Waals surface area contributed by atoms with Gasteiger partial charge in [-0.3, -0.25) is 9.36 Å². The third kappa shape index (κ3) is 2.60. The second kappa shape index (κ2) is 6.12. The molecular formula is C22H22N2O3. The number of aromatic nitrogens is 1. The van der Waals surface area contributed by atoms with Crippen LogP contribution < -0.4 is 11.1 Å². The maximum Gasteiger partial charge on any atom is 0.419 e. The van der Waals surface area contributed by atoms with E-state index in [9.17, 15) is 9.59 Å². The lowest BCUT2D eigenvalue weighted by Crippen LogP contribution is -2.42. The largest absolute Gasteiger partial charge is 0.419 e. The van der Waals surface area contributed by atoms with Crippen LogP contribution in [0.3, 0.4) is 0 Å². The number of carbonyl (C=O) groups excluding carboxylic acids is 1. The number of rotatable bonds is 2. The van der Waals surface area contributed by atoms with Crippen LogP contribution >= 0.6 is 0 Å². The lowest BCUT2D eigenvalue weighted by molar-refractivity contribution is 0.0917. The number of hydrogen-bond acceptors (Lipinski definition) is 3. The van der Waals surface area contributed by atoms with E-state index < -0.39 is 5.76 Å². The Bertz CT molecular complexity index is 1060. The standard InChI is InChI=1S/C22H22N2O3/c1-24-18-8-4-7-17(20(18)27-22(24)26)21(25)23-19-15-9-10-16(19)12-14-6-3-2-5-13(14)11-15/h2-8,15-16,19H,9-12H2,1H3,(H,23,25). The van der Waals surface area contributed by atoms with Crippen LogP contribution in [-0.4, -0.2) is 16.5 Å². The second-order valence-corrected chi connectivity index (χ2v) is 7.85. The fraction of sp³-hybridized carbons (Fsp3) is 0.364. The van der Waals surface area contributed by atoms with Crippen LogP contribution in [0.4, 0.5) is 0 Å². The number of aryl methyl sites for hydroxylation is 1. The van der Waals surface area contributed by atoms with Crippen molar-refractivity contribution in [1.82, 2.24) is 9.88 Å². The summed E-state index contributed by atoms with van der Waals surface area (Å²) in [4.78, 5) is 24.9. The van der Waals surface area contributed by atoms with Gasteiger partial charge in [-0.25, -0.2) is 4.79 Å². The molecule has 1 heterocycles. The van der Waals surface area contributed by atoms with Gasteiger partial charge in [-0.2, -0.15) is 0 Å². The van der Waals surface area contributed by atoms with Crippen LogP contribution in [0.5, 0.6) is 0 Å². The Morgan fingerprint density at radius 2 is 1.70 bits per heavy atom. The SMILES string of the molecule is Cn1c(=O)oc2c(C(=O)NC3C4CCC3Cc3ccccc3C4)cccc21. The highest BCUT2D eigenvalue weighted by Gasteiger charge is 2.40. The monoisotopic (exact) mass is 362 g/mol. The van der Waals surface area contributed by atoms with E-state index >= 15 is 0 Å². The van der Waals surface area contributed by atoms with Gasteiger partial charge in [0.15, 0.2) is 5.58 Å². The zero-order valence-corrected chi connectivity index (χ0v) is 15.3. The van der Waals surface area contributed by atoms with Gasteiger partial charge in [0.2, 0.25) is 0 Å². The molecule has 1 amide bonds. The average molecular weight is 362 g/mol. The first-order chi connectivity index (χ1) is 13.1. The van der Waals surface area contributed by atoms with Crippen molar-refractivity contribution in [3.05, 3.63) is 69.7 Å². The number of para-hydroxylation sites is 1. The molecule has 2 aromatic carbocycles. The van der Waals surface area contributed by atoms with Crippen LogP contribution in [0.2, 0.25) is 0 Å². The van der Waals surface area contributed by atoms with E-state index in [1.807, 2.05) is 0 Å². The van der Waals surface area contributed by atoms with Gasteiger partial charge in [0.1, 0.15) is 0 Å². The second-order valence-electron chi connectivity index (χ2n) is 7.85. The fourth-order valence-electron chi connectivity index (χ4n) is 4.94. The molecule has 2 aliphatic carbocycles. The van der Waals surface area contributed by atoms with Gasteiger partial charge < -0.3 is 9.73 Å². The molecule has 5 rings (SSSR count). The average Bonchev–Trinajstić information content (AvgIpc) is 3.10. The van der Waals surface area contributed by atoms with E-state index in [1.54, 1.807) is 25.2 Å². The topological polar surface area (TPSA) is 64.2 Å². The molecule has 3 aromatic rings. The first kappa shape index (κ1) is 16.4. The summed E-state index contributed by atoms with van der Waals surface area (Å²) in [6, 6.07) is 14.1. The summed E-state index contributed by atoms with van der Waals surface area (Å²) in [6.07, 6.45) is 4.33. The van der Waals surface area contributed by atoms with E-state index in [0.29, 0.717) is 28.5 Å². The zero-order chi connectivity index (χ0) is 18.5. The maximum atomic E-state index is 13.1. The number of oxazole rings is 1. The first-order valence-electron chi connectivity index (χ1n) is 9.58. The number of hydrogen-bond donors (Lipinski definition) is 1. The van der Waals surface area contributed by atoms with Gasteiger partial charge in [0.05, 0.1) is 11.1 Å². The highest BCUT2D eigenvalue weighted by Crippen LogP contribution is 2.40. The Kier molecular flexibility index (Phi) is 3.71. The molecule has 1 N–H and O–H groups in total. The Morgan fingerprint density at radius 1 is 1.04 bits per heavy atom. The van der Waals surface area contributed by atoms with E-state index in [0.717, 1.165) is 25.7 Å². The van der Waals surface area contributed by atoms with Crippen LogP contribution in [0.25, 0.3) is 11.1 Å². The summed E-state index contributed by atoms with van der Waals surface area (Å²) in [7, 11) is 1.65. The molecule has 2 bridgehead atoms. The number of benzene rings is 2. The van der Waals surface area contributed by atoms with Crippen molar-refractivity contribution in [2.24, 2.45) is 18.9 Å². The minimum atomic E-state index is -0.449. The molecule has 1 saturated carbocycles. The van der Waals surface area contributed by atoms with E-state index in [1.165, 1.54) is 15.7 Å². The molecule has 0 radical (unpaired) electrons. The highest BCUT2D eigenvalue weighted by molar-refractivity contribution is 6.04. The zero-order valence-electron chi connectivity index (χ0n) is 15.3. The van der Waals surface area contributed by atoms with Crippen LogP contribution in [-0.2, 0) is 19.9 Å². The number of fused-ring (bicyclic) bond motifs is 4. The Labute approximate surface area is 157 Å². The number of nitrogens with zero attached hydrogens (tertiary/aromatic N) is 1. The molecular weight excluding hydrogens is 340 g/mol. The van der Waals surface area contributed by atoms with Gasteiger partial charge in [-0.05, 0) is 60.8 Å². The number of carbonyl (C=O) groups is 1. The molecule has 0 spiro atoms. The van der Waals surface area contributed by atoms with Crippen molar-refractivity contribution in [2.75, 3.05) is 0 Å². The summed E-state index contributed by atoms with van der Waals surface area (Å²) in [5.74, 6) is 0.326. The van der Waals surface area contributed by atoms with Crippen molar-refractivity contribution in [3.63, 3.8) is 0 Å². The van der Waals surface area contributed by atoms with Crippen molar-refractivity contribution < 1.29 is 9.21 Å². The molecule has 5 heteroatoms. The quantitative estimate of drug-likeness (QED) is 0.762. The predicted octanol–water partition coefficient (Wildman–Crippen LogP) is 3.05. The minimum absolute atomic E-state index is 0.150. The van der Waals surface area contributed by atoms with Crippen LogP contribution in [0.15, 0.2) is 51.7 Å². The van der Waals surface area contributed by atoms with Crippen molar-refractivity contribution >= 4 is 17.0 Å². The summed E-state index contributed by atoms with van der Waals surface area (Å²) in [6.45, 7) is 0. The van der Waals surface area contributed by atoms with E-state index in [4.69, 9.17) is 4.42 Å². The summed E-state index contributed by atoms with van der Waals surface area (Å²) < 4.78 is 6.76. The molecule has 0 saturated heterocycles. The molecule has 27 heavy (non-hydrogen) atoms. The van der Waals surface area contributed by atoms with Crippen molar-refractivity contribution in [1.29, 1.82) is 0 Å². The lowest BCUT2D eigenvalue weighted by atomic mass is 9.94. The van der Waals surface area contributed by atoms with Crippen molar-refractivity contribution in [3.8, 4) is 0 Å². The maximum absolute atomic E-state index is 13.1. The molecule has 5 nitrogen and oxygen atoms in total. The highest BCUT2D eigenvalue weighted by atomic mass is 16.4. The minimum Gasteiger partial charge on any atom is -0.407 e. The van der Waals surface area contributed by atoms with Crippen LogP contribution in [0, 0.1) is 11.8 Å². The molecule has 1 fully saturated rings. The normalized spacial score (nSPS) is 23.8. The third-order valence-electron chi connectivity index (χ3n) is 6.37. The molecule has 0 aliphatic heterocycles. The Balaban J connectivity index is 1.45. The van der Waals surface area contributed by atoms with Gasteiger partial charge in [0.25, 0.3) is 5.91 Å². The number of nitrogens with one attached hydrogen (secondary N) is 1. The lowest BCUT2D eigenvalue weighted by Gasteiger charge is -2.23. The number of amides is 1. The Hall–Kier alpha value is -2.82. The van der Waals surface area contributed by atoms with Gasteiger partial charge >= 0.3 is 5.76 Å². The first-order valence-corrected chi connectivity index (χ1v) is 9.58. The molecule has 1 aromatic heterocycles. The van der Waals surface area contributed by atoms with Gasteiger partial charge in [-0.1, -0.05) is 30.3 Å². The summed E-state index contributed by atoms with van der Waals surface area (Å²) in [5.41, 5.74) is 4.28. The molecule has 138 valence electrons. The van der Waals surface area contributed by atoms with Gasteiger partial charge in [-0.15, -0.1) is 0 Å². The van der Waals surface area contributed by atoms with Gasteiger partial charge in [0, 0.05) is 13.1 Å². The predicted molar refractivity (Wildman–Crippen MR) is 103 cm³/mol.